The van der Waals surface area contributed by atoms with Crippen molar-refractivity contribution >= 4 is 11.6 Å². The highest BCUT2D eigenvalue weighted by atomic mass is 35.5. The van der Waals surface area contributed by atoms with Gasteiger partial charge in [0.05, 0.1) is 5.60 Å². The van der Waals surface area contributed by atoms with Gasteiger partial charge in [0.1, 0.15) is 0 Å². The fourth-order valence-corrected chi connectivity index (χ4v) is 2.58. The first-order valence-electron chi connectivity index (χ1n) is 5.81. The summed E-state index contributed by atoms with van der Waals surface area (Å²) in [5.41, 5.74) is 0.693. The fraction of sp³-hybridized carbons (Fsp3) is 0.538. The molecule has 1 aromatic carbocycles. The molecule has 2 nitrogen and oxygen atoms in total. The Labute approximate surface area is 102 Å². The molecular weight excluding hydrogens is 222 g/mol. The van der Waals surface area contributed by atoms with Gasteiger partial charge in [0.15, 0.2) is 0 Å². The molecule has 0 radical (unpaired) electrons. The summed E-state index contributed by atoms with van der Waals surface area (Å²) in [5, 5.41) is 10.9. The monoisotopic (exact) mass is 239 g/mol. The summed E-state index contributed by atoms with van der Waals surface area (Å²) >= 11 is 6.09. The van der Waals surface area contributed by atoms with E-state index in [1.54, 1.807) is 0 Å². The largest absolute Gasteiger partial charge is 0.387 e. The first-order chi connectivity index (χ1) is 7.63. The van der Waals surface area contributed by atoms with Crippen LogP contribution in [-0.4, -0.2) is 28.7 Å². The zero-order chi connectivity index (χ0) is 11.6. The molecule has 88 valence electrons. The van der Waals surface area contributed by atoms with E-state index in [9.17, 15) is 5.11 Å². The molecule has 0 bridgehead atoms. The summed E-state index contributed by atoms with van der Waals surface area (Å²) in [7, 11) is 0. The number of likely N-dealkylation sites (tertiary alicyclic amines) is 1. The fourth-order valence-electron chi connectivity index (χ4n) is 2.39. The third-order valence-corrected chi connectivity index (χ3v) is 3.47. The smallest absolute Gasteiger partial charge is 0.0900 e. The molecule has 1 N–H and O–H groups in total. The number of rotatable bonds is 4. The van der Waals surface area contributed by atoms with E-state index in [2.05, 4.69) is 11.8 Å². The van der Waals surface area contributed by atoms with E-state index in [-0.39, 0.29) is 0 Å². The lowest BCUT2D eigenvalue weighted by molar-refractivity contribution is -0.106. The predicted octanol–water partition coefficient (Wildman–Crippen LogP) is 2.69. The Morgan fingerprint density at radius 2 is 2.06 bits per heavy atom. The first kappa shape index (κ1) is 11.9. The molecule has 0 aromatic heterocycles. The van der Waals surface area contributed by atoms with Gasteiger partial charge in [-0.05, 0) is 18.1 Å². The van der Waals surface area contributed by atoms with Crippen LogP contribution in [0.4, 0.5) is 0 Å². The third-order valence-electron chi connectivity index (χ3n) is 3.10. The van der Waals surface area contributed by atoms with E-state index in [0.29, 0.717) is 0 Å². The highest BCUT2D eigenvalue weighted by Crippen LogP contribution is 2.28. The number of hydrogen-bond acceptors (Lipinski definition) is 2. The van der Waals surface area contributed by atoms with E-state index in [1.165, 1.54) is 0 Å². The van der Waals surface area contributed by atoms with Gasteiger partial charge in [-0.1, -0.05) is 43.1 Å². The van der Waals surface area contributed by atoms with Crippen molar-refractivity contribution in [3.05, 3.63) is 34.9 Å². The van der Waals surface area contributed by atoms with Crippen LogP contribution in [0.3, 0.4) is 0 Å². The Balaban J connectivity index is 1.88. The quantitative estimate of drug-likeness (QED) is 0.874. The van der Waals surface area contributed by atoms with E-state index < -0.39 is 5.60 Å². The molecule has 0 unspecified atom stereocenters. The normalized spacial score (nSPS) is 19.4. The van der Waals surface area contributed by atoms with Crippen LogP contribution in [0.1, 0.15) is 25.3 Å². The van der Waals surface area contributed by atoms with Crippen molar-refractivity contribution in [3.63, 3.8) is 0 Å². The van der Waals surface area contributed by atoms with Crippen molar-refractivity contribution in [1.82, 2.24) is 4.90 Å². The molecule has 0 saturated carbocycles. The van der Waals surface area contributed by atoms with Crippen LogP contribution < -0.4 is 0 Å². The van der Waals surface area contributed by atoms with E-state index >= 15 is 0 Å². The second-order valence-electron chi connectivity index (χ2n) is 4.71. The number of aliphatic hydroxyl groups is 1. The number of β-amino-alcohol motifs (C(OH)–C–C–N with tert-alkyl or cyclic N) is 1. The van der Waals surface area contributed by atoms with Crippen LogP contribution in [0.2, 0.25) is 5.02 Å². The third kappa shape index (κ3) is 2.57. The molecule has 0 aliphatic carbocycles. The van der Waals surface area contributed by atoms with Gasteiger partial charge in [-0.3, -0.25) is 4.90 Å². The van der Waals surface area contributed by atoms with Gasteiger partial charge in [-0.15, -0.1) is 0 Å². The maximum Gasteiger partial charge on any atom is 0.0900 e. The lowest BCUT2D eigenvalue weighted by atomic mass is 9.89. The summed E-state index contributed by atoms with van der Waals surface area (Å²) in [6.45, 7) is 4.48. The van der Waals surface area contributed by atoms with Crippen molar-refractivity contribution in [2.45, 2.75) is 31.9 Å². The summed E-state index contributed by atoms with van der Waals surface area (Å²) < 4.78 is 0. The zero-order valence-electron chi connectivity index (χ0n) is 9.62. The summed E-state index contributed by atoms with van der Waals surface area (Å²) in [4.78, 5) is 2.23. The first-order valence-corrected chi connectivity index (χ1v) is 6.19. The van der Waals surface area contributed by atoms with Crippen LogP contribution in [0.5, 0.6) is 0 Å². The molecule has 0 atom stereocenters. The molecule has 3 heteroatoms. The lowest BCUT2D eigenvalue weighted by Crippen LogP contribution is -2.60. The van der Waals surface area contributed by atoms with Crippen LogP contribution in [0.25, 0.3) is 0 Å². The van der Waals surface area contributed by atoms with E-state index in [1.807, 2.05) is 24.3 Å². The number of nitrogens with zero attached hydrogens (tertiary/aromatic N) is 1. The minimum Gasteiger partial charge on any atom is -0.387 e. The second kappa shape index (κ2) is 4.74. The average Bonchev–Trinajstić information content (AvgIpc) is 2.19. The lowest BCUT2D eigenvalue weighted by Gasteiger charge is -2.46. The second-order valence-corrected chi connectivity index (χ2v) is 5.12. The maximum absolute atomic E-state index is 10.1. The molecule has 1 saturated heterocycles. The van der Waals surface area contributed by atoms with Gasteiger partial charge in [0.2, 0.25) is 0 Å². The molecule has 1 aliphatic rings. The molecule has 16 heavy (non-hydrogen) atoms. The Bertz CT molecular complexity index is 361. The number of halogens is 1. The standard InChI is InChI=1S/C13H18ClNO/c1-2-7-13(16)9-15(10-13)8-11-5-3-4-6-12(11)14/h3-6,16H,2,7-10H2,1H3. The van der Waals surface area contributed by atoms with Gasteiger partial charge in [0.25, 0.3) is 0 Å². The maximum atomic E-state index is 10.1. The minimum absolute atomic E-state index is 0.448. The Hall–Kier alpha value is -0.570. The highest BCUT2D eigenvalue weighted by Gasteiger charge is 2.39. The van der Waals surface area contributed by atoms with Gasteiger partial charge in [-0.2, -0.15) is 0 Å². The summed E-state index contributed by atoms with van der Waals surface area (Å²) in [5.74, 6) is 0. The molecule has 1 fully saturated rings. The molecule has 0 amide bonds. The van der Waals surface area contributed by atoms with Gasteiger partial charge >= 0.3 is 0 Å². The van der Waals surface area contributed by atoms with Crippen molar-refractivity contribution in [2.75, 3.05) is 13.1 Å². The molecule has 1 heterocycles. The molecule has 1 aromatic rings. The molecule has 1 aliphatic heterocycles. The van der Waals surface area contributed by atoms with Crippen molar-refractivity contribution in [1.29, 1.82) is 0 Å². The van der Waals surface area contributed by atoms with Crippen molar-refractivity contribution in [2.24, 2.45) is 0 Å². The molecule has 2 rings (SSSR count). The highest BCUT2D eigenvalue weighted by molar-refractivity contribution is 6.31. The summed E-state index contributed by atoms with van der Waals surface area (Å²) in [6.07, 6.45) is 1.93. The van der Waals surface area contributed by atoms with Crippen LogP contribution in [0.15, 0.2) is 24.3 Å². The SMILES string of the molecule is CCCC1(O)CN(Cc2ccccc2Cl)C1. The van der Waals surface area contributed by atoms with Gasteiger partial charge in [-0.25, -0.2) is 0 Å². The van der Waals surface area contributed by atoms with Crippen molar-refractivity contribution < 1.29 is 5.11 Å². The average molecular weight is 240 g/mol. The van der Waals surface area contributed by atoms with Crippen LogP contribution in [-0.2, 0) is 6.54 Å². The van der Waals surface area contributed by atoms with E-state index in [4.69, 9.17) is 11.6 Å². The van der Waals surface area contributed by atoms with Gasteiger partial charge < -0.3 is 5.11 Å². The zero-order valence-corrected chi connectivity index (χ0v) is 10.4. The predicted molar refractivity (Wildman–Crippen MR) is 66.6 cm³/mol. The Morgan fingerprint density at radius 1 is 1.38 bits per heavy atom. The Morgan fingerprint density at radius 3 is 2.69 bits per heavy atom. The van der Waals surface area contributed by atoms with Crippen molar-refractivity contribution in [3.8, 4) is 0 Å². The molecular formula is C13H18ClNO. The van der Waals surface area contributed by atoms with E-state index in [0.717, 1.165) is 43.1 Å². The van der Waals surface area contributed by atoms with Crippen LogP contribution >= 0.6 is 11.6 Å². The number of hydrogen-bond donors (Lipinski definition) is 1. The Kier molecular flexibility index (Phi) is 3.53. The molecule has 0 spiro atoms. The van der Waals surface area contributed by atoms with Crippen LogP contribution in [0, 0.1) is 0 Å². The summed E-state index contributed by atoms with van der Waals surface area (Å²) in [6, 6.07) is 7.89. The minimum atomic E-state index is -0.448. The van der Waals surface area contributed by atoms with Gasteiger partial charge in [0, 0.05) is 24.7 Å². The topological polar surface area (TPSA) is 23.5 Å². The number of benzene rings is 1.